The SMILES string of the molecule is C=Cc1cnn2ccc3ccoc3c12. The van der Waals surface area contributed by atoms with Gasteiger partial charge < -0.3 is 4.42 Å². The average molecular weight is 184 g/mol. The van der Waals surface area contributed by atoms with Gasteiger partial charge in [-0.2, -0.15) is 5.10 Å². The second-order valence-electron chi connectivity index (χ2n) is 3.12. The van der Waals surface area contributed by atoms with Crippen LogP contribution in [0.4, 0.5) is 0 Å². The molecule has 0 saturated heterocycles. The fourth-order valence-corrected chi connectivity index (χ4v) is 1.67. The zero-order valence-electron chi connectivity index (χ0n) is 7.47. The molecule has 68 valence electrons. The topological polar surface area (TPSA) is 30.4 Å². The summed E-state index contributed by atoms with van der Waals surface area (Å²) in [6, 6.07) is 3.92. The molecule has 0 aliphatic rings. The standard InChI is InChI=1S/C11H8N2O/c1-2-8-7-12-13-5-3-9-4-6-14-11(9)10(8)13/h2-7H,1H2. The molecule has 3 heteroatoms. The lowest BCUT2D eigenvalue weighted by Crippen LogP contribution is -1.84. The van der Waals surface area contributed by atoms with Gasteiger partial charge in [-0.05, 0) is 12.1 Å². The molecule has 0 amide bonds. The van der Waals surface area contributed by atoms with Crippen LogP contribution < -0.4 is 0 Å². The summed E-state index contributed by atoms with van der Waals surface area (Å²) in [7, 11) is 0. The van der Waals surface area contributed by atoms with E-state index >= 15 is 0 Å². The molecule has 3 nitrogen and oxygen atoms in total. The van der Waals surface area contributed by atoms with Crippen LogP contribution in [-0.2, 0) is 0 Å². The third-order valence-corrected chi connectivity index (χ3v) is 2.35. The fourth-order valence-electron chi connectivity index (χ4n) is 1.67. The predicted octanol–water partition coefficient (Wildman–Crippen LogP) is 2.72. The van der Waals surface area contributed by atoms with E-state index in [9.17, 15) is 0 Å². The van der Waals surface area contributed by atoms with E-state index in [1.807, 2.05) is 18.3 Å². The molecule has 0 aliphatic carbocycles. The van der Waals surface area contributed by atoms with Gasteiger partial charge in [0.2, 0.25) is 0 Å². The number of hydrogen-bond acceptors (Lipinski definition) is 2. The Kier molecular flexibility index (Phi) is 1.31. The Morgan fingerprint density at radius 2 is 2.36 bits per heavy atom. The van der Waals surface area contributed by atoms with Crippen molar-refractivity contribution in [3.63, 3.8) is 0 Å². The summed E-state index contributed by atoms with van der Waals surface area (Å²) < 4.78 is 7.22. The number of hydrogen-bond donors (Lipinski definition) is 0. The monoisotopic (exact) mass is 184 g/mol. The number of aromatic nitrogens is 2. The molecule has 0 radical (unpaired) electrons. The molecule has 0 bridgehead atoms. The van der Waals surface area contributed by atoms with Crippen molar-refractivity contribution in [2.24, 2.45) is 0 Å². The van der Waals surface area contributed by atoms with Crippen LogP contribution in [0.3, 0.4) is 0 Å². The average Bonchev–Trinajstić information content (AvgIpc) is 2.82. The van der Waals surface area contributed by atoms with Crippen LogP contribution >= 0.6 is 0 Å². The van der Waals surface area contributed by atoms with Crippen molar-refractivity contribution in [3.8, 4) is 0 Å². The second kappa shape index (κ2) is 2.48. The van der Waals surface area contributed by atoms with Crippen LogP contribution in [0.15, 0.2) is 41.8 Å². The smallest absolute Gasteiger partial charge is 0.160 e. The number of nitrogens with zero attached hydrogens (tertiary/aromatic N) is 2. The van der Waals surface area contributed by atoms with Crippen LogP contribution in [0.25, 0.3) is 22.6 Å². The Labute approximate surface area is 80.3 Å². The minimum Gasteiger partial charge on any atom is -0.462 e. The number of furan rings is 1. The van der Waals surface area contributed by atoms with Crippen LogP contribution in [-0.4, -0.2) is 9.61 Å². The van der Waals surface area contributed by atoms with E-state index in [2.05, 4.69) is 11.7 Å². The van der Waals surface area contributed by atoms with Crippen LogP contribution in [0.1, 0.15) is 5.56 Å². The third-order valence-electron chi connectivity index (χ3n) is 2.35. The maximum Gasteiger partial charge on any atom is 0.160 e. The Morgan fingerprint density at radius 1 is 1.43 bits per heavy atom. The minimum absolute atomic E-state index is 0.861. The van der Waals surface area contributed by atoms with Crippen molar-refractivity contribution in [3.05, 3.63) is 42.9 Å². The van der Waals surface area contributed by atoms with Crippen molar-refractivity contribution in [2.75, 3.05) is 0 Å². The first-order valence-corrected chi connectivity index (χ1v) is 4.36. The highest BCUT2D eigenvalue weighted by molar-refractivity contribution is 5.94. The molecule has 0 aliphatic heterocycles. The molecule has 0 N–H and O–H groups in total. The second-order valence-corrected chi connectivity index (χ2v) is 3.12. The van der Waals surface area contributed by atoms with Gasteiger partial charge in [0.1, 0.15) is 5.52 Å². The highest BCUT2D eigenvalue weighted by atomic mass is 16.3. The highest BCUT2D eigenvalue weighted by Gasteiger charge is 2.07. The van der Waals surface area contributed by atoms with Crippen molar-refractivity contribution in [1.82, 2.24) is 9.61 Å². The summed E-state index contributed by atoms with van der Waals surface area (Å²) in [5, 5.41) is 5.29. The molecule has 0 fully saturated rings. The van der Waals surface area contributed by atoms with Gasteiger partial charge in [-0.25, -0.2) is 4.52 Å². The predicted molar refractivity (Wildman–Crippen MR) is 55.1 cm³/mol. The van der Waals surface area contributed by atoms with E-state index < -0.39 is 0 Å². The maximum absolute atomic E-state index is 5.42. The van der Waals surface area contributed by atoms with Crippen LogP contribution in [0.5, 0.6) is 0 Å². The summed E-state index contributed by atoms with van der Waals surface area (Å²) in [6.45, 7) is 3.75. The summed E-state index contributed by atoms with van der Waals surface area (Å²) in [5.41, 5.74) is 2.83. The first kappa shape index (κ1) is 7.38. The van der Waals surface area contributed by atoms with Gasteiger partial charge in [0.15, 0.2) is 5.58 Å². The van der Waals surface area contributed by atoms with Crippen molar-refractivity contribution in [1.29, 1.82) is 0 Å². The van der Waals surface area contributed by atoms with E-state index in [0.717, 1.165) is 22.0 Å². The zero-order chi connectivity index (χ0) is 9.54. The Hall–Kier alpha value is -2.03. The summed E-state index contributed by atoms with van der Waals surface area (Å²) >= 11 is 0. The lowest BCUT2D eigenvalue weighted by atomic mass is 10.2. The van der Waals surface area contributed by atoms with Gasteiger partial charge in [-0.15, -0.1) is 0 Å². The number of rotatable bonds is 1. The number of pyridine rings is 1. The first-order chi connectivity index (χ1) is 6.90. The molecule has 3 aromatic heterocycles. The van der Waals surface area contributed by atoms with E-state index in [0.29, 0.717) is 0 Å². The molecule has 3 heterocycles. The molecule has 0 aromatic carbocycles. The highest BCUT2D eigenvalue weighted by Crippen LogP contribution is 2.23. The molecule has 0 unspecified atom stereocenters. The largest absolute Gasteiger partial charge is 0.462 e. The van der Waals surface area contributed by atoms with Gasteiger partial charge in [0, 0.05) is 17.1 Å². The Balaban J connectivity index is 2.64. The normalized spacial score (nSPS) is 11.1. The Bertz CT molecular complexity index is 618. The van der Waals surface area contributed by atoms with Gasteiger partial charge in [-0.1, -0.05) is 12.7 Å². The molecule has 0 atom stereocenters. The molecule has 0 saturated carbocycles. The van der Waals surface area contributed by atoms with E-state index in [1.165, 1.54) is 0 Å². The minimum atomic E-state index is 0.861. The van der Waals surface area contributed by atoms with Gasteiger partial charge in [0.05, 0.1) is 12.5 Å². The Morgan fingerprint density at radius 3 is 3.21 bits per heavy atom. The molecular formula is C11H8N2O. The van der Waals surface area contributed by atoms with Gasteiger partial charge in [-0.3, -0.25) is 0 Å². The van der Waals surface area contributed by atoms with Crippen molar-refractivity contribution >= 4 is 22.6 Å². The molecule has 14 heavy (non-hydrogen) atoms. The summed E-state index contributed by atoms with van der Waals surface area (Å²) in [5.74, 6) is 0. The van der Waals surface area contributed by atoms with E-state index in [1.54, 1.807) is 23.1 Å². The quantitative estimate of drug-likeness (QED) is 0.582. The van der Waals surface area contributed by atoms with Crippen molar-refractivity contribution < 1.29 is 4.42 Å². The fraction of sp³-hybridized carbons (Fsp3) is 0. The first-order valence-electron chi connectivity index (χ1n) is 4.36. The van der Waals surface area contributed by atoms with Crippen LogP contribution in [0.2, 0.25) is 0 Å². The summed E-state index contributed by atoms with van der Waals surface area (Å²) in [4.78, 5) is 0. The van der Waals surface area contributed by atoms with E-state index in [4.69, 9.17) is 4.42 Å². The molecule has 3 rings (SSSR count). The number of fused-ring (bicyclic) bond motifs is 3. The van der Waals surface area contributed by atoms with Gasteiger partial charge in [0.25, 0.3) is 0 Å². The maximum atomic E-state index is 5.42. The van der Waals surface area contributed by atoms with Crippen molar-refractivity contribution in [2.45, 2.75) is 0 Å². The lowest BCUT2D eigenvalue weighted by Gasteiger charge is -1.94. The molecule has 0 spiro atoms. The van der Waals surface area contributed by atoms with Gasteiger partial charge >= 0.3 is 0 Å². The van der Waals surface area contributed by atoms with E-state index in [-0.39, 0.29) is 0 Å². The lowest BCUT2D eigenvalue weighted by molar-refractivity contribution is 0.617. The molecular weight excluding hydrogens is 176 g/mol. The zero-order valence-corrected chi connectivity index (χ0v) is 7.47. The molecule has 3 aromatic rings. The van der Waals surface area contributed by atoms with Crippen LogP contribution in [0, 0.1) is 0 Å². The third kappa shape index (κ3) is 0.785. The summed E-state index contributed by atoms with van der Waals surface area (Å²) in [6.07, 6.45) is 7.17.